The van der Waals surface area contributed by atoms with Crippen molar-refractivity contribution >= 4 is 23.4 Å². The number of nitrogens with zero attached hydrogens (tertiary/aromatic N) is 4. The minimum absolute atomic E-state index is 0. The molecule has 0 aliphatic carbocycles. The maximum absolute atomic E-state index is 4.42. The summed E-state index contributed by atoms with van der Waals surface area (Å²) in [4.78, 5) is 9.45. The molecule has 2 aromatic carbocycles. The smallest absolute Gasteiger partial charge is 0.0369 e. The first-order valence-corrected chi connectivity index (χ1v) is 8.68. The second-order valence-electron chi connectivity index (χ2n) is 6.40. The van der Waals surface area contributed by atoms with Crippen LogP contribution in [0.5, 0.6) is 0 Å². The average Bonchev–Trinajstić information content (AvgIpc) is 2.97. The van der Waals surface area contributed by atoms with Crippen molar-refractivity contribution in [1.82, 2.24) is 4.90 Å². The Kier molecular flexibility index (Phi) is 6.63. The van der Waals surface area contributed by atoms with Crippen LogP contribution in [-0.2, 0) is 32.7 Å². The van der Waals surface area contributed by atoms with Crippen molar-refractivity contribution in [3.63, 3.8) is 0 Å². The number of para-hydroxylation sites is 1. The van der Waals surface area contributed by atoms with Gasteiger partial charge in [0, 0.05) is 70.6 Å². The third kappa shape index (κ3) is 4.69. The molecule has 2 bridgehead atoms. The molecule has 3 aliphatic rings. The summed E-state index contributed by atoms with van der Waals surface area (Å²) < 4.78 is 0. The van der Waals surface area contributed by atoms with Crippen LogP contribution in [0.25, 0.3) is 5.32 Å². The van der Waals surface area contributed by atoms with Gasteiger partial charge in [0.05, 0.1) is 0 Å². The first-order valence-electron chi connectivity index (χ1n) is 8.68. The van der Waals surface area contributed by atoms with E-state index in [1.54, 1.807) is 6.34 Å². The first-order chi connectivity index (χ1) is 11.9. The molecule has 0 N–H and O–H groups in total. The van der Waals surface area contributed by atoms with Crippen molar-refractivity contribution in [1.29, 1.82) is 0 Å². The van der Waals surface area contributed by atoms with Crippen LogP contribution in [0.2, 0.25) is 0 Å². The van der Waals surface area contributed by atoms with Gasteiger partial charge in [0.1, 0.15) is 0 Å². The third-order valence-electron chi connectivity index (χ3n) is 4.93. The molecule has 5 rings (SSSR count). The molecule has 2 aromatic rings. The topological polar surface area (TPSA) is 32.9 Å². The van der Waals surface area contributed by atoms with Crippen molar-refractivity contribution in [2.75, 3.05) is 31.1 Å². The summed E-state index contributed by atoms with van der Waals surface area (Å²) in [6, 6.07) is 19.9. The molecule has 0 unspecified atom stereocenters. The molecule has 25 heavy (non-hydrogen) atoms. The molecule has 127 valence electrons. The van der Waals surface area contributed by atoms with E-state index in [2.05, 4.69) is 50.4 Å². The Bertz CT molecular complexity index is 679. The fourth-order valence-electron chi connectivity index (χ4n) is 3.58. The first kappa shape index (κ1) is 18.6. The minimum Gasteiger partial charge on any atom is -0.467 e. The molecule has 3 heterocycles. The molecule has 3 saturated heterocycles. The van der Waals surface area contributed by atoms with E-state index in [0.717, 1.165) is 17.9 Å². The zero-order valence-corrected chi connectivity index (χ0v) is 17.2. The van der Waals surface area contributed by atoms with Crippen LogP contribution < -0.4 is 4.90 Å². The SMILES string of the molecule is [Y].[c-]1ccccc1N=C[N-]c1ccc(N2CCN3CCC2CC3)cc1. The van der Waals surface area contributed by atoms with Gasteiger partial charge in [-0.3, -0.25) is 0 Å². The summed E-state index contributed by atoms with van der Waals surface area (Å²) >= 11 is 0. The summed E-state index contributed by atoms with van der Waals surface area (Å²) in [5.74, 6) is 0. The van der Waals surface area contributed by atoms with Crippen molar-refractivity contribution in [3.8, 4) is 0 Å². The van der Waals surface area contributed by atoms with Crippen molar-refractivity contribution in [2.24, 2.45) is 4.99 Å². The van der Waals surface area contributed by atoms with Crippen LogP contribution in [0, 0.1) is 6.07 Å². The van der Waals surface area contributed by atoms with Gasteiger partial charge in [-0.15, -0.1) is 0 Å². The number of piperidine rings is 1. The van der Waals surface area contributed by atoms with Crippen LogP contribution in [0.3, 0.4) is 0 Å². The number of anilines is 1. The van der Waals surface area contributed by atoms with Crippen LogP contribution >= 0.6 is 0 Å². The van der Waals surface area contributed by atoms with Gasteiger partial charge in [-0.2, -0.15) is 36.0 Å². The molecule has 0 spiro atoms. The summed E-state index contributed by atoms with van der Waals surface area (Å²) in [5, 5.41) is 4.42. The van der Waals surface area contributed by atoms with Crippen molar-refractivity contribution < 1.29 is 32.7 Å². The molecule has 0 aromatic heterocycles. The number of fused-ring (bicyclic) bond motifs is 4. The predicted molar refractivity (Wildman–Crippen MR) is 99.7 cm³/mol. The van der Waals surface area contributed by atoms with E-state index in [-0.39, 0.29) is 32.7 Å². The van der Waals surface area contributed by atoms with E-state index in [1.165, 1.54) is 38.2 Å². The molecule has 0 amide bonds. The van der Waals surface area contributed by atoms with E-state index >= 15 is 0 Å². The van der Waals surface area contributed by atoms with Gasteiger partial charge in [-0.1, -0.05) is 18.5 Å². The minimum atomic E-state index is 0. The molecule has 3 aliphatic heterocycles. The number of aliphatic imine (C=N–C) groups is 1. The number of hydrogen-bond acceptors (Lipinski definition) is 3. The number of hydrogen-bond donors (Lipinski definition) is 0. The molecule has 3 fully saturated rings. The molecule has 1 radical (unpaired) electrons. The standard InChI is InChI=1S/C20H22N4.Y/c1-2-4-17(5-3-1)21-16-22-18-6-8-19(9-7-18)24-15-14-23-12-10-20(24)11-13-23;/h1-4,6-9,16,20H,10-15H2;/q-2;. The Hall–Kier alpha value is -1.23. The zero-order chi connectivity index (χ0) is 16.2. The zero-order valence-electron chi connectivity index (χ0n) is 14.4. The van der Waals surface area contributed by atoms with Crippen molar-refractivity contribution in [2.45, 2.75) is 18.9 Å². The Balaban J connectivity index is 0.00000182. The van der Waals surface area contributed by atoms with Gasteiger partial charge in [0.2, 0.25) is 0 Å². The molecule has 4 nitrogen and oxygen atoms in total. The Labute approximate surface area is 175 Å². The summed E-state index contributed by atoms with van der Waals surface area (Å²) in [6.07, 6.45) is 4.17. The molecular weight excluding hydrogens is 385 g/mol. The monoisotopic (exact) mass is 407 g/mol. The van der Waals surface area contributed by atoms with E-state index in [9.17, 15) is 0 Å². The maximum atomic E-state index is 4.42. The Morgan fingerprint density at radius 1 is 1.00 bits per heavy atom. The molecule has 0 saturated carbocycles. The Morgan fingerprint density at radius 2 is 1.80 bits per heavy atom. The van der Waals surface area contributed by atoms with Gasteiger partial charge in [-0.05, 0) is 30.7 Å². The van der Waals surface area contributed by atoms with Gasteiger partial charge >= 0.3 is 0 Å². The van der Waals surface area contributed by atoms with Crippen molar-refractivity contribution in [3.05, 3.63) is 59.9 Å². The third-order valence-corrected chi connectivity index (χ3v) is 4.93. The second kappa shape index (κ2) is 8.93. The largest absolute Gasteiger partial charge is 0.467 e. The van der Waals surface area contributed by atoms with Gasteiger partial charge in [-0.25, -0.2) is 0 Å². The van der Waals surface area contributed by atoms with E-state index in [4.69, 9.17) is 0 Å². The maximum Gasteiger partial charge on any atom is 0.0369 e. The van der Waals surface area contributed by atoms with Gasteiger partial charge in [0.25, 0.3) is 0 Å². The van der Waals surface area contributed by atoms with E-state index in [1.807, 2.05) is 24.3 Å². The summed E-state index contributed by atoms with van der Waals surface area (Å²) in [7, 11) is 0. The van der Waals surface area contributed by atoms with Crippen LogP contribution in [0.15, 0.2) is 53.5 Å². The number of benzene rings is 2. The van der Waals surface area contributed by atoms with Gasteiger partial charge in [0.15, 0.2) is 0 Å². The molecular formula is C20H22N4Y-2. The normalized spacial score (nSPS) is 22.5. The fraction of sp³-hybridized carbons (Fsp3) is 0.350. The van der Waals surface area contributed by atoms with Crippen LogP contribution in [-0.4, -0.2) is 43.5 Å². The van der Waals surface area contributed by atoms with E-state index < -0.39 is 0 Å². The summed E-state index contributed by atoms with van der Waals surface area (Å²) in [5.41, 5.74) is 3.05. The second-order valence-corrected chi connectivity index (χ2v) is 6.40. The Morgan fingerprint density at radius 3 is 2.52 bits per heavy atom. The van der Waals surface area contributed by atoms with Gasteiger partial charge < -0.3 is 20.1 Å². The molecule has 0 atom stereocenters. The quantitative estimate of drug-likeness (QED) is 0.434. The summed E-state index contributed by atoms with van der Waals surface area (Å²) in [6.45, 7) is 4.82. The molecule has 5 heteroatoms. The number of rotatable bonds is 4. The average molecular weight is 407 g/mol. The van der Waals surface area contributed by atoms with Crippen LogP contribution in [0.4, 0.5) is 17.1 Å². The van der Waals surface area contributed by atoms with Crippen LogP contribution in [0.1, 0.15) is 12.8 Å². The van der Waals surface area contributed by atoms with E-state index in [0.29, 0.717) is 6.04 Å². The fourth-order valence-corrected chi connectivity index (χ4v) is 3.58. The predicted octanol–water partition coefficient (Wildman–Crippen LogP) is 4.13.